The number of rotatable bonds is 2. The SMILES string of the molecule is CC1=C(C)C(C)(C)c2cc(CC(C)C)cc3ccnc1c23. The number of hydrogen-bond acceptors (Lipinski definition) is 1. The Kier molecular flexibility index (Phi) is 3.20. The van der Waals surface area contributed by atoms with E-state index < -0.39 is 0 Å². The lowest BCUT2D eigenvalue weighted by Gasteiger charge is -2.35. The fourth-order valence-electron chi connectivity index (χ4n) is 3.59. The average molecular weight is 279 g/mol. The van der Waals surface area contributed by atoms with Crippen molar-refractivity contribution in [3.8, 4) is 0 Å². The molecule has 0 amide bonds. The fourth-order valence-corrected chi connectivity index (χ4v) is 3.59. The van der Waals surface area contributed by atoms with Gasteiger partial charge in [0.15, 0.2) is 0 Å². The lowest BCUT2D eigenvalue weighted by Crippen LogP contribution is -2.24. The first kappa shape index (κ1) is 14.3. The second-order valence-electron chi connectivity index (χ2n) is 7.37. The van der Waals surface area contributed by atoms with Crippen LogP contribution in [-0.4, -0.2) is 4.98 Å². The first-order valence-corrected chi connectivity index (χ1v) is 7.93. The van der Waals surface area contributed by atoms with Gasteiger partial charge in [-0.2, -0.15) is 0 Å². The maximum atomic E-state index is 4.67. The largest absolute Gasteiger partial charge is 0.256 e. The summed E-state index contributed by atoms with van der Waals surface area (Å²) in [6, 6.07) is 6.94. The molecule has 0 bridgehead atoms. The van der Waals surface area contributed by atoms with Crippen molar-refractivity contribution in [2.45, 2.75) is 53.4 Å². The molecule has 1 aromatic heterocycles. The molecule has 1 heteroatoms. The molecule has 1 heterocycles. The minimum Gasteiger partial charge on any atom is -0.256 e. The molecule has 0 saturated carbocycles. The third-order valence-corrected chi connectivity index (χ3v) is 5.10. The maximum Gasteiger partial charge on any atom is 0.0739 e. The molecular weight excluding hydrogens is 254 g/mol. The van der Waals surface area contributed by atoms with Gasteiger partial charge < -0.3 is 0 Å². The molecule has 2 aromatic rings. The summed E-state index contributed by atoms with van der Waals surface area (Å²) >= 11 is 0. The molecule has 0 atom stereocenters. The molecular formula is C20H25N. The second-order valence-corrected chi connectivity index (χ2v) is 7.37. The molecule has 0 fully saturated rings. The van der Waals surface area contributed by atoms with Crippen molar-refractivity contribution in [2.75, 3.05) is 0 Å². The van der Waals surface area contributed by atoms with Crippen molar-refractivity contribution >= 4 is 16.3 Å². The molecule has 1 aromatic carbocycles. The van der Waals surface area contributed by atoms with E-state index in [-0.39, 0.29) is 5.41 Å². The Morgan fingerprint density at radius 3 is 2.52 bits per heavy atom. The van der Waals surface area contributed by atoms with Crippen molar-refractivity contribution in [2.24, 2.45) is 5.92 Å². The quantitative estimate of drug-likeness (QED) is 0.705. The summed E-state index contributed by atoms with van der Waals surface area (Å²) in [4.78, 5) is 4.67. The van der Waals surface area contributed by atoms with E-state index in [1.165, 1.54) is 38.7 Å². The molecule has 1 aliphatic carbocycles. The van der Waals surface area contributed by atoms with E-state index in [0.717, 1.165) is 6.42 Å². The van der Waals surface area contributed by atoms with Crippen molar-refractivity contribution in [1.29, 1.82) is 0 Å². The van der Waals surface area contributed by atoms with E-state index in [0.29, 0.717) is 5.92 Å². The third-order valence-electron chi connectivity index (χ3n) is 5.10. The predicted molar refractivity (Wildman–Crippen MR) is 91.6 cm³/mol. The summed E-state index contributed by atoms with van der Waals surface area (Å²) in [6.07, 6.45) is 3.09. The molecule has 1 nitrogen and oxygen atoms in total. The Labute approximate surface area is 128 Å². The highest BCUT2D eigenvalue weighted by atomic mass is 14.7. The predicted octanol–water partition coefficient (Wildman–Crippen LogP) is 5.52. The molecule has 0 spiro atoms. The number of hydrogen-bond donors (Lipinski definition) is 0. The van der Waals surface area contributed by atoms with Gasteiger partial charge in [-0.15, -0.1) is 0 Å². The topological polar surface area (TPSA) is 12.9 Å². The molecule has 0 aliphatic heterocycles. The van der Waals surface area contributed by atoms with Crippen molar-refractivity contribution in [1.82, 2.24) is 4.98 Å². The number of allylic oxidation sites excluding steroid dienone is 2. The van der Waals surface area contributed by atoms with Crippen LogP contribution in [-0.2, 0) is 11.8 Å². The van der Waals surface area contributed by atoms with E-state index in [2.05, 4.69) is 64.7 Å². The van der Waals surface area contributed by atoms with Crippen LogP contribution in [0.25, 0.3) is 16.3 Å². The number of aromatic nitrogens is 1. The Bertz CT molecular complexity index is 748. The molecule has 0 N–H and O–H groups in total. The van der Waals surface area contributed by atoms with E-state index in [9.17, 15) is 0 Å². The number of nitrogens with zero attached hydrogens (tertiary/aromatic N) is 1. The van der Waals surface area contributed by atoms with Crippen LogP contribution in [0.5, 0.6) is 0 Å². The zero-order valence-electron chi connectivity index (χ0n) is 14.0. The Morgan fingerprint density at radius 2 is 1.86 bits per heavy atom. The van der Waals surface area contributed by atoms with E-state index in [1.54, 1.807) is 0 Å². The molecule has 1 aliphatic rings. The van der Waals surface area contributed by atoms with Crippen LogP contribution in [0, 0.1) is 5.92 Å². The van der Waals surface area contributed by atoms with E-state index in [1.807, 2.05) is 6.20 Å². The summed E-state index contributed by atoms with van der Waals surface area (Å²) in [7, 11) is 0. The maximum absolute atomic E-state index is 4.67. The Morgan fingerprint density at radius 1 is 1.14 bits per heavy atom. The normalized spacial score (nSPS) is 16.9. The van der Waals surface area contributed by atoms with Gasteiger partial charge in [-0.05, 0) is 54.3 Å². The van der Waals surface area contributed by atoms with Gasteiger partial charge in [0.25, 0.3) is 0 Å². The standard InChI is InChI=1S/C20H25N/c1-12(2)9-15-10-16-7-8-21-19-13(3)14(4)20(5,6)17(11-15)18(16)19/h7-8,10-12H,9H2,1-6H3. The third kappa shape index (κ3) is 2.10. The summed E-state index contributed by atoms with van der Waals surface area (Å²) < 4.78 is 0. The first-order valence-electron chi connectivity index (χ1n) is 7.93. The molecule has 21 heavy (non-hydrogen) atoms. The second kappa shape index (κ2) is 4.69. The van der Waals surface area contributed by atoms with Crippen molar-refractivity contribution in [3.63, 3.8) is 0 Å². The average Bonchev–Trinajstić information content (AvgIpc) is 2.42. The van der Waals surface area contributed by atoms with Gasteiger partial charge in [0.1, 0.15) is 0 Å². The fraction of sp³-hybridized carbons (Fsp3) is 0.450. The minimum absolute atomic E-state index is 0.0886. The first-order chi connectivity index (χ1) is 9.82. The summed E-state index contributed by atoms with van der Waals surface area (Å²) in [5, 5.41) is 2.70. The smallest absolute Gasteiger partial charge is 0.0739 e. The highest BCUT2D eigenvalue weighted by Gasteiger charge is 2.32. The van der Waals surface area contributed by atoms with Gasteiger partial charge >= 0.3 is 0 Å². The van der Waals surface area contributed by atoms with Gasteiger partial charge in [-0.3, -0.25) is 4.98 Å². The van der Waals surface area contributed by atoms with Crippen LogP contribution in [0.2, 0.25) is 0 Å². The summed E-state index contributed by atoms with van der Waals surface area (Å²) in [6.45, 7) is 13.7. The Balaban J connectivity index is 2.37. The van der Waals surface area contributed by atoms with Gasteiger partial charge in [0, 0.05) is 17.0 Å². The number of benzene rings is 1. The van der Waals surface area contributed by atoms with Gasteiger partial charge in [0.2, 0.25) is 0 Å². The van der Waals surface area contributed by atoms with Crippen LogP contribution >= 0.6 is 0 Å². The minimum atomic E-state index is 0.0886. The van der Waals surface area contributed by atoms with Crippen molar-refractivity contribution < 1.29 is 0 Å². The van der Waals surface area contributed by atoms with Gasteiger partial charge in [-0.1, -0.05) is 45.4 Å². The van der Waals surface area contributed by atoms with Crippen LogP contribution in [0.3, 0.4) is 0 Å². The van der Waals surface area contributed by atoms with Crippen LogP contribution in [0.15, 0.2) is 30.0 Å². The zero-order chi connectivity index (χ0) is 15.4. The summed E-state index contributed by atoms with van der Waals surface area (Å²) in [5.74, 6) is 0.682. The monoisotopic (exact) mass is 279 g/mol. The number of pyridine rings is 1. The van der Waals surface area contributed by atoms with Crippen LogP contribution in [0.4, 0.5) is 0 Å². The van der Waals surface area contributed by atoms with E-state index >= 15 is 0 Å². The van der Waals surface area contributed by atoms with E-state index in [4.69, 9.17) is 0 Å². The van der Waals surface area contributed by atoms with Gasteiger partial charge in [-0.25, -0.2) is 0 Å². The molecule has 0 saturated heterocycles. The summed E-state index contributed by atoms with van der Waals surface area (Å²) in [5.41, 5.74) is 6.94. The van der Waals surface area contributed by atoms with Crippen LogP contribution in [0.1, 0.15) is 58.4 Å². The van der Waals surface area contributed by atoms with Crippen LogP contribution < -0.4 is 0 Å². The lowest BCUT2D eigenvalue weighted by atomic mass is 9.69. The lowest BCUT2D eigenvalue weighted by molar-refractivity contribution is 0.618. The Hall–Kier alpha value is -1.63. The highest BCUT2D eigenvalue weighted by Crippen LogP contribution is 2.45. The zero-order valence-corrected chi connectivity index (χ0v) is 14.0. The molecule has 0 unspecified atom stereocenters. The molecule has 0 radical (unpaired) electrons. The molecule has 3 rings (SSSR count). The highest BCUT2D eigenvalue weighted by molar-refractivity contribution is 5.98. The van der Waals surface area contributed by atoms with Gasteiger partial charge in [0.05, 0.1) is 5.69 Å². The molecule has 110 valence electrons. The van der Waals surface area contributed by atoms with Crippen molar-refractivity contribution in [3.05, 3.63) is 46.8 Å².